The number of benzene rings is 2. The number of ether oxygens (including phenoxy) is 3. The minimum absolute atomic E-state index is 0.0580. The lowest BCUT2D eigenvalue weighted by molar-refractivity contribution is -0.140. The third-order valence-electron chi connectivity index (χ3n) is 6.14. The quantitative estimate of drug-likeness (QED) is 0.318. The van der Waals surface area contributed by atoms with Crippen molar-refractivity contribution >= 4 is 17.4 Å². The topological polar surface area (TPSA) is 85.3 Å². The van der Waals surface area contributed by atoms with Gasteiger partial charge in [-0.05, 0) is 55.5 Å². The van der Waals surface area contributed by atoms with Crippen molar-refractivity contribution in [3.63, 3.8) is 0 Å². The second-order valence-corrected chi connectivity index (χ2v) is 9.32. The van der Waals surface area contributed by atoms with Crippen molar-refractivity contribution in [2.24, 2.45) is 5.92 Å². The van der Waals surface area contributed by atoms with Crippen LogP contribution in [0.25, 0.3) is 5.76 Å². The normalized spacial score (nSPS) is 21.7. The summed E-state index contributed by atoms with van der Waals surface area (Å²) in [5, 5.41) is 11.4. The number of Topliss-reactive ketones (excluding diaryl/α,β-unsaturated/α-hetero) is 1. The molecule has 0 radical (unpaired) electrons. The first-order chi connectivity index (χ1) is 16.9. The average Bonchev–Trinajstić information content (AvgIpc) is 3.45. The average molecular weight is 480 g/mol. The smallest absolute Gasteiger partial charge is 0.295 e. The van der Waals surface area contributed by atoms with Crippen molar-refractivity contribution in [3.05, 3.63) is 65.2 Å². The van der Waals surface area contributed by atoms with Crippen LogP contribution >= 0.6 is 0 Å². The van der Waals surface area contributed by atoms with Gasteiger partial charge in [0.05, 0.1) is 30.9 Å². The lowest BCUT2D eigenvalue weighted by atomic mass is 9.95. The number of rotatable bonds is 9. The fraction of sp³-hybridized carbons (Fsp3) is 0.429. The molecule has 2 heterocycles. The largest absolute Gasteiger partial charge is 0.507 e. The molecular weight excluding hydrogens is 446 g/mol. The van der Waals surface area contributed by atoms with Gasteiger partial charge in [-0.1, -0.05) is 38.1 Å². The van der Waals surface area contributed by atoms with Gasteiger partial charge in [0.15, 0.2) is 0 Å². The molecule has 0 saturated carbocycles. The summed E-state index contributed by atoms with van der Waals surface area (Å²) >= 11 is 0. The van der Waals surface area contributed by atoms with E-state index >= 15 is 0 Å². The van der Waals surface area contributed by atoms with Crippen LogP contribution in [-0.2, 0) is 14.3 Å². The summed E-state index contributed by atoms with van der Waals surface area (Å²) in [4.78, 5) is 28.0. The predicted molar refractivity (Wildman–Crippen MR) is 132 cm³/mol. The van der Waals surface area contributed by atoms with Crippen LogP contribution in [-0.4, -0.2) is 54.2 Å². The summed E-state index contributed by atoms with van der Waals surface area (Å²) in [5.41, 5.74) is 1.18. The Balaban J connectivity index is 1.77. The summed E-state index contributed by atoms with van der Waals surface area (Å²) in [6.45, 7) is 7.93. The van der Waals surface area contributed by atoms with E-state index in [2.05, 4.69) is 13.8 Å². The van der Waals surface area contributed by atoms with Crippen LogP contribution in [0.3, 0.4) is 0 Å². The van der Waals surface area contributed by atoms with Crippen LogP contribution in [0.15, 0.2) is 54.1 Å². The highest BCUT2D eigenvalue weighted by molar-refractivity contribution is 6.46. The first kappa shape index (κ1) is 24.8. The number of carbonyl (C=O) groups is 2. The molecule has 1 amide bonds. The summed E-state index contributed by atoms with van der Waals surface area (Å²) < 4.78 is 17.2. The van der Waals surface area contributed by atoms with Gasteiger partial charge in [0.2, 0.25) is 0 Å². The number of amides is 1. The van der Waals surface area contributed by atoms with E-state index < -0.39 is 17.7 Å². The molecule has 2 unspecified atom stereocenters. The van der Waals surface area contributed by atoms with E-state index in [9.17, 15) is 14.7 Å². The van der Waals surface area contributed by atoms with Crippen molar-refractivity contribution in [2.45, 2.75) is 45.8 Å². The van der Waals surface area contributed by atoms with Crippen LogP contribution in [0.5, 0.6) is 11.5 Å². The Labute approximate surface area is 206 Å². The molecule has 7 nitrogen and oxygen atoms in total. The number of hydrogen-bond donors (Lipinski definition) is 1. The predicted octanol–water partition coefficient (Wildman–Crippen LogP) is 4.72. The molecule has 2 aromatic rings. The summed E-state index contributed by atoms with van der Waals surface area (Å²) in [7, 11) is 0. The van der Waals surface area contributed by atoms with Gasteiger partial charge in [0.1, 0.15) is 17.3 Å². The van der Waals surface area contributed by atoms with Crippen LogP contribution in [0, 0.1) is 5.92 Å². The lowest BCUT2D eigenvalue weighted by Gasteiger charge is -2.27. The van der Waals surface area contributed by atoms with Gasteiger partial charge in [-0.25, -0.2) is 0 Å². The zero-order chi connectivity index (χ0) is 24.9. The van der Waals surface area contributed by atoms with E-state index in [1.54, 1.807) is 24.3 Å². The first-order valence-electron chi connectivity index (χ1n) is 12.2. The van der Waals surface area contributed by atoms with Crippen molar-refractivity contribution in [3.8, 4) is 11.5 Å². The Morgan fingerprint density at radius 2 is 1.86 bits per heavy atom. The van der Waals surface area contributed by atoms with Gasteiger partial charge in [-0.15, -0.1) is 0 Å². The highest BCUT2D eigenvalue weighted by Crippen LogP contribution is 2.41. The van der Waals surface area contributed by atoms with Crippen molar-refractivity contribution in [1.82, 2.24) is 4.90 Å². The van der Waals surface area contributed by atoms with E-state index in [-0.39, 0.29) is 24.0 Å². The van der Waals surface area contributed by atoms with Crippen molar-refractivity contribution in [2.75, 3.05) is 26.4 Å². The van der Waals surface area contributed by atoms with Gasteiger partial charge >= 0.3 is 0 Å². The van der Waals surface area contributed by atoms with Crippen LogP contribution in [0.4, 0.5) is 0 Å². The molecule has 186 valence electrons. The van der Waals surface area contributed by atoms with Gasteiger partial charge in [-0.3, -0.25) is 9.59 Å². The van der Waals surface area contributed by atoms with Gasteiger partial charge in [0.25, 0.3) is 11.7 Å². The molecule has 2 saturated heterocycles. The molecule has 0 aromatic heterocycles. The molecule has 2 fully saturated rings. The first-order valence-corrected chi connectivity index (χ1v) is 12.2. The highest BCUT2D eigenvalue weighted by atomic mass is 16.5. The fourth-order valence-corrected chi connectivity index (χ4v) is 4.52. The SMILES string of the molecule is CCOc1cccc(C2/C(=C(/O)c3cccc(OCC(C)C)c3)C(=O)C(=O)N2CC2CCCO2)c1. The van der Waals surface area contributed by atoms with Gasteiger partial charge < -0.3 is 24.2 Å². The Kier molecular flexibility index (Phi) is 7.76. The molecule has 0 bridgehead atoms. The molecule has 4 rings (SSSR count). The van der Waals surface area contributed by atoms with E-state index in [1.165, 1.54) is 4.90 Å². The lowest BCUT2D eigenvalue weighted by Crippen LogP contribution is -2.36. The zero-order valence-electron chi connectivity index (χ0n) is 20.5. The van der Waals surface area contributed by atoms with Crippen LogP contribution in [0.2, 0.25) is 0 Å². The highest BCUT2D eigenvalue weighted by Gasteiger charge is 2.47. The maximum absolute atomic E-state index is 13.3. The second kappa shape index (κ2) is 11.0. The van der Waals surface area contributed by atoms with E-state index in [1.807, 2.05) is 31.2 Å². The Morgan fingerprint density at radius 1 is 1.11 bits per heavy atom. The number of aliphatic hydroxyl groups excluding tert-OH is 1. The second-order valence-electron chi connectivity index (χ2n) is 9.32. The maximum atomic E-state index is 13.3. The molecular formula is C28H33NO6. The molecule has 0 spiro atoms. The molecule has 2 aliphatic heterocycles. The Morgan fingerprint density at radius 3 is 2.54 bits per heavy atom. The Hall–Kier alpha value is -3.32. The number of likely N-dealkylation sites (tertiary alicyclic amines) is 1. The number of ketones is 1. The monoisotopic (exact) mass is 479 g/mol. The van der Waals surface area contributed by atoms with Gasteiger partial charge in [0, 0.05) is 18.7 Å². The number of carbonyl (C=O) groups excluding carboxylic acids is 2. The van der Waals surface area contributed by atoms with Crippen molar-refractivity contribution in [1.29, 1.82) is 0 Å². The fourth-order valence-electron chi connectivity index (χ4n) is 4.52. The number of hydrogen-bond acceptors (Lipinski definition) is 6. The van der Waals surface area contributed by atoms with Crippen LogP contribution < -0.4 is 9.47 Å². The molecule has 2 aromatic carbocycles. The molecule has 7 heteroatoms. The zero-order valence-corrected chi connectivity index (χ0v) is 20.5. The standard InChI is InChI=1S/C28H33NO6/c1-4-33-21-10-5-8-19(14-21)25-24(27(31)28(32)29(25)16-23-12-7-13-34-23)26(30)20-9-6-11-22(15-20)35-17-18(2)3/h5-6,8-11,14-15,18,23,25,30H,4,7,12-13,16-17H2,1-3H3/b26-24-. The minimum Gasteiger partial charge on any atom is -0.507 e. The van der Waals surface area contributed by atoms with Crippen LogP contribution in [0.1, 0.15) is 50.8 Å². The summed E-state index contributed by atoms with van der Waals surface area (Å²) in [5.74, 6) is -0.00194. The summed E-state index contributed by atoms with van der Waals surface area (Å²) in [6, 6.07) is 13.5. The molecule has 1 N–H and O–H groups in total. The third kappa shape index (κ3) is 5.51. The molecule has 2 atom stereocenters. The summed E-state index contributed by atoms with van der Waals surface area (Å²) in [6.07, 6.45) is 1.60. The van der Waals surface area contributed by atoms with E-state index in [4.69, 9.17) is 14.2 Å². The molecule has 2 aliphatic rings. The maximum Gasteiger partial charge on any atom is 0.295 e. The third-order valence-corrected chi connectivity index (χ3v) is 6.14. The van der Waals surface area contributed by atoms with E-state index in [0.29, 0.717) is 48.4 Å². The van der Waals surface area contributed by atoms with E-state index in [0.717, 1.165) is 12.8 Å². The van der Waals surface area contributed by atoms with Crippen molar-refractivity contribution < 1.29 is 28.9 Å². The molecule has 35 heavy (non-hydrogen) atoms. The number of aliphatic hydroxyl groups is 1. The molecule has 0 aliphatic carbocycles. The van der Waals surface area contributed by atoms with Gasteiger partial charge in [-0.2, -0.15) is 0 Å². The Bertz CT molecular complexity index is 1100. The number of nitrogens with zero attached hydrogens (tertiary/aromatic N) is 1. The minimum atomic E-state index is -0.750.